The molecule has 4 aromatic carbocycles. The summed E-state index contributed by atoms with van der Waals surface area (Å²) in [4.78, 5) is 18.3. The first kappa shape index (κ1) is 28.6. The summed E-state index contributed by atoms with van der Waals surface area (Å²) in [5, 5.41) is 20.1. The third-order valence-corrected chi connectivity index (χ3v) is 9.31. The number of tetrazole rings is 1. The number of hydrogen-bond acceptors (Lipinski definition) is 6. The molecule has 0 aliphatic rings. The van der Waals surface area contributed by atoms with Crippen molar-refractivity contribution in [3.05, 3.63) is 142 Å². The molecule has 0 bridgehead atoms. The fraction of sp³-hybridized carbons (Fsp3) is 0.194. The van der Waals surface area contributed by atoms with E-state index in [4.69, 9.17) is 4.98 Å². The number of nitrogens with one attached hydrogen (secondary N) is 2. The van der Waals surface area contributed by atoms with Crippen molar-refractivity contribution in [1.82, 2.24) is 35.5 Å². The lowest BCUT2D eigenvalue weighted by Gasteiger charge is -2.12. The van der Waals surface area contributed by atoms with Crippen LogP contribution in [0.2, 0.25) is 0 Å². The van der Waals surface area contributed by atoms with Crippen LogP contribution in [0.5, 0.6) is 0 Å². The van der Waals surface area contributed by atoms with E-state index < -0.39 is 0 Å². The Morgan fingerprint density at radius 3 is 2.36 bits per heavy atom. The number of rotatable bonds is 12. The fourth-order valence-corrected chi connectivity index (χ4v) is 6.95. The number of aromatic nitrogens is 6. The standard InChI is InChI=1S/C36H33N7OS/c44-36(37-24-26-11-5-2-6-12-26)27-16-18-32-29(23-27)28(17-15-25-9-3-1-4-10-25)31(43(32)22-21-34-39-41-42-40-34)19-20-35-38-30-13-7-8-14-33(30)45-35/h1-14,16,18,23H,15,17,19-22,24H2,(H,37,44)(H,39,40,41,42). The van der Waals surface area contributed by atoms with Crippen LogP contribution in [0, 0.1) is 0 Å². The molecule has 3 heterocycles. The second-order valence-corrected chi connectivity index (χ2v) is 12.2. The quantitative estimate of drug-likeness (QED) is 0.164. The molecule has 0 fully saturated rings. The van der Waals surface area contributed by atoms with Crippen LogP contribution in [0.3, 0.4) is 0 Å². The summed E-state index contributed by atoms with van der Waals surface area (Å²) in [5.41, 5.74) is 7.73. The van der Waals surface area contributed by atoms with Crippen LogP contribution in [-0.4, -0.2) is 36.1 Å². The number of fused-ring (bicyclic) bond motifs is 2. The lowest BCUT2D eigenvalue weighted by molar-refractivity contribution is 0.0951. The van der Waals surface area contributed by atoms with Gasteiger partial charge in [0, 0.05) is 48.1 Å². The summed E-state index contributed by atoms with van der Waals surface area (Å²) in [6, 6.07) is 35.0. The van der Waals surface area contributed by atoms with Crippen LogP contribution in [-0.2, 0) is 45.2 Å². The molecule has 45 heavy (non-hydrogen) atoms. The Bertz CT molecular complexity index is 2000. The molecule has 2 N–H and O–H groups in total. The summed E-state index contributed by atoms with van der Waals surface area (Å²) in [5.74, 6) is 0.599. The van der Waals surface area contributed by atoms with Crippen molar-refractivity contribution >= 4 is 38.4 Å². The molecule has 3 aromatic heterocycles. The molecule has 0 spiro atoms. The van der Waals surface area contributed by atoms with E-state index in [-0.39, 0.29) is 5.91 Å². The highest BCUT2D eigenvalue weighted by atomic mass is 32.1. The Balaban J connectivity index is 1.26. The fourth-order valence-electron chi connectivity index (χ4n) is 5.99. The van der Waals surface area contributed by atoms with Gasteiger partial charge in [-0.15, -0.1) is 21.5 Å². The van der Waals surface area contributed by atoms with Gasteiger partial charge in [0.15, 0.2) is 5.82 Å². The van der Waals surface area contributed by atoms with Gasteiger partial charge < -0.3 is 9.88 Å². The van der Waals surface area contributed by atoms with Gasteiger partial charge in [0.1, 0.15) is 0 Å². The van der Waals surface area contributed by atoms with Crippen LogP contribution < -0.4 is 5.32 Å². The number of aromatic amines is 1. The number of carbonyl (C=O) groups excluding carboxylic acids is 1. The third kappa shape index (κ3) is 6.53. The Morgan fingerprint density at radius 1 is 0.800 bits per heavy atom. The number of thiazole rings is 1. The van der Waals surface area contributed by atoms with Gasteiger partial charge in [-0.3, -0.25) is 4.79 Å². The van der Waals surface area contributed by atoms with E-state index in [9.17, 15) is 4.79 Å². The van der Waals surface area contributed by atoms with Crippen molar-refractivity contribution in [1.29, 1.82) is 0 Å². The van der Waals surface area contributed by atoms with E-state index in [1.807, 2.05) is 42.5 Å². The van der Waals surface area contributed by atoms with Gasteiger partial charge in [0.05, 0.1) is 15.2 Å². The van der Waals surface area contributed by atoms with E-state index in [2.05, 4.69) is 91.2 Å². The van der Waals surface area contributed by atoms with E-state index >= 15 is 0 Å². The molecule has 8 nitrogen and oxygen atoms in total. The molecule has 0 saturated carbocycles. The van der Waals surface area contributed by atoms with Crippen molar-refractivity contribution in [2.45, 2.75) is 45.2 Å². The van der Waals surface area contributed by atoms with Gasteiger partial charge in [0.2, 0.25) is 0 Å². The highest BCUT2D eigenvalue weighted by Gasteiger charge is 2.20. The van der Waals surface area contributed by atoms with Crippen molar-refractivity contribution in [2.75, 3.05) is 0 Å². The third-order valence-electron chi connectivity index (χ3n) is 8.21. The number of benzene rings is 4. The van der Waals surface area contributed by atoms with Crippen molar-refractivity contribution in [2.24, 2.45) is 0 Å². The molecule has 7 aromatic rings. The maximum absolute atomic E-state index is 13.4. The summed E-state index contributed by atoms with van der Waals surface area (Å²) in [7, 11) is 0. The van der Waals surface area contributed by atoms with Crippen LogP contribution in [0.15, 0.2) is 103 Å². The van der Waals surface area contributed by atoms with Gasteiger partial charge in [-0.2, -0.15) is 5.21 Å². The number of amides is 1. The highest BCUT2D eigenvalue weighted by molar-refractivity contribution is 7.18. The minimum atomic E-state index is -0.0784. The summed E-state index contributed by atoms with van der Waals surface area (Å²) in [6.45, 7) is 1.19. The van der Waals surface area contributed by atoms with Crippen LogP contribution in [0.25, 0.3) is 21.1 Å². The van der Waals surface area contributed by atoms with Crippen LogP contribution >= 0.6 is 11.3 Å². The molecule has 0 atom stereocenters. The number of aryl methyl sites for hydroxylation is 5. The smallest absolute Gasteiger partial charge is 0.251 e. The molecule has 9 heteroatoms. The zero-order valence-corrected chi connectivity index (χ0v) is 25.6. The molecule has 0 saturated heterocycles. The molecule has 0 unspecified atom stereocenters. The first-order valence-electron chi connectivity index (χ1n) is 15.3. The number of H-pyrrole nitrogens is 1. The van der Waals surface area contributed by atoms with Gasteiger partial charge in [-0.05, 0) is 66.3 Å². The molecular formula is C36H33N7OS. The maximum atomic E-state index is 13.4. The Labute approximate surface area is 265 Å². The number of carbonyl (C=O) groups is 1. The molecule has 0 radical (unpaired) electrons. The molecule has 224 valence electrons. The van der Waals surface area contributed by atoms with Gasteiger partial charge in [0.25, 0.3) is 5.91 Å². The molecular weight excluding hydrogens is 579 g/mol. The topological polar surface area (TPSA) is 101 Å². The Kier molecular flexibility index (Phi) is 8.41. The van der Waals surface area contributed by atoms with Gasteiger partial charge in [-0.1, -0.05) is 78.0 Å². The van der Waals surface area contributed by atoms with E-state index in [1.54, 1.807) is 11.3 Å². The monoisotopic (exact) mass is 611 g/mol. The normalized spacial score (nSPS) is 11.4. The Morgan fingerprint density at radius 2 is 1.58 bits per heavy atom. The minimum absolute atomic E-state index is 0.0784. The average Bonchev–Trinajstić information content (AvgIpc) is 3.83. The van der Waals surface area contributed by atoms with E-state index in [0.29, 0.717) is 30.9 Å². The lowest BCUT2D eigenvalue weighted by atomic mass is 9.99. The molecule has 7 rings (SSSR count). The van der Waals surface area contributed by atoms with Gasteiger partial charge in [-0.25, -0.2) is 4.98 Å². The van der Waals surface area contributed by atoms with Crippen LogP contribution in [0.1, 0.15) is 43.6 Å². The largest absolute Gasteiger partial charge is 0.348 e. The van der Waals surface area contributed by atoms with E-state index in [0.717, 1.165) is 52.7 Å². The van der Waals surface area contributed by atoms with Crippen LogP contribution in [0.4, 0.5) is 0 Å². The number of nitrogens with zero attached hydrogens (tertiary/aromatic N) is 5. The average molecular weight is 612 g/mol. The summed E-state index contributed by atoms with van der Waals surface area (Å²) < 4.78 is 3.60. The van der Waals surface area contributed by atoms with Crippen molar-refractivity contribution < 1.29 is 4.79 Å². The Hall–Kier alpha value is -5.15. The predicted octanol–water partition coefficient (Wildman–Crippen LogP) is 6.51. The van der Waals surface area contributed by atoms with E-state index in [1.165, 1.54) is 21.5 Å². The first-order valence-corrected chi connectivity index (χ1v) is 16.1. The molecule has 1 amide bonds. The lowest BCUT2D eigenvalue weighted by Crippen LogP contribution is -2.22. The maximum Gasteiger partial charge on any atom is 0.251 e. The number of para-hydroxylation sites is 1. The highest BCUT2D eigenvalue weighted by Crippen LogP contribution is 2.31. The minimum Gasteiger partial charge on any atom is -0.348 e. The summed E-state index contributed by atoms with van der Waals surface area (Å²) in [6.07, 6.45) is 4.08. The first-order chi connectivity index (χ1) is 22.2. The van der Waals surface area contributed by atoms with Crippen molar-refractivity contribution in [3.63, 3.8) is 0 Å². The zero-order valence-electron chi connectivity index (χ0n) is 24.8. The van der Waals surface area contributed by atoms with Crippen molar-refractivity contribution in [3.8, 4) is 0 Å². The number of hydrogen-bond donors (Lipinski definition) is 2. The predicted molar refractivity (Wildman–Crippen MR) is 178 cm³/mol. The molecule has 0 aliphatic carbocycles. The van der Waals surface area contributed by atoms with Gasteiger partial charge >= 0.3 is 0 Å². The SMILES string of the molecule is O=C(NCc1ccccc1)c1ccc2c(c1)c(CCc1ccccc1)c(CCc1nc3ccccc3s1)n2CCc1nn[nH]n1. The second kappa shape index (κ2) is 13.2. The molecule has 0 aliphatic heterocycles. The zero-order chi connectivity index (χ0) is 30.4. The second-order valence-electron chi connectivity index (χ2n) is 11.1. The summed E-state index contributed by atoms with van der Waals surface area (Å²) >= 11 is 1.76.